The number of carbonyl (C=O) groups is 1. The molecule has 0 fully saturated rings. The average molecular weight is 233 g/mol. The second-order valence-electron chi connectivity index (χ2n) is 4.59. The first-order valence-electron chi connectivity index (χ1n) is 5.19. The van der Waals surface area contributed by atoms with E-state index in [1.807, 2.05) is 6.07 Å². The number of hydrogen-bond acceptors (Lipinski definition) is 4. The highest BCUT2D eigenvalue weighted by molar-refractivity contribution is 5.85. The maximum Gasteiger partial charge on any atom is 0.413 e. The Morgan fingerprint density at radius 1 is 1.53 bits per heavy atom. The lowest BCUT2D eigenvalue weighted by Gasteiger charge is -2.19. The number of aromatic nitrogens is 1. The van der Waals surface area contributed by atoms with Crippen molar-refractivity contribution in [2.75, 3.05) is 5.32 Å². The van der Waals surface area contributed by atoms with Gasteiger partial charge in [-0.2, -0.15) is 5.26 Å². The molecule has 0 aliphatic heterocycles. The van der Waals surface area contributed by atoms with Crippen LogP contribution >= 0.6 is 0 Å². The number of carbonyl (C=O) groups excluding carboxylic acids is 1. The molecule has 0 unspecified atom stereocenters. The fourth-order valence-electron chi connectivity index (χ4n) is 1.19. The smallest absolute Gasteiger partial charge is 0.413 e. The van der Waals surface area contributed by atoms with Crippen LogP contribution in [0.4, 0.5) is 10.6 Å². The fraction of sp³-hybridized carbons (Fsp3) is 0.417. The van der Waals surface area contributed by atoms with Crippen molar-refractivity contribution in [3.63, 3.8) is 0 Å². The van der Waals surface area contributed by atoms with Gasteiger partial charge >= 0.3 is 6.09 Å². The summed E-state index contributed by atoms with van der Waals surface area (Å²) in [5, 5.41) is 11.4. The van der Waals surface area contributed by atoms with E-state index in [1.165, 1.54) is 6.20 Å². The Balaban J connectivity index is 2.87. The minimum Gasteiger partial charge on any atom is -0.444 e. The van der Waals surface area contributed by atoms with Crippen LogP contribution in [0.5, 0.6) is 0 Å². The van der Waals surface area contributed by atoms with Crippen LogP contribution < -0.4 is 5.32 Å². The molecule has 0 radical (unpaired) electrons. The van der Waals surface area contributed by atoms with E-state index < -0.39 is 11.7 Å². The van der Waals surface area contributed by atoms with E-state index in [0.717, 1.165) is 5.56 Å². The summed E-state index contributed by atoms with van der Waals surface area (Å²) in [4.78, 5) is 15.5. The van der Waals surface area contributed by atoms with Gasteiger partial charge in [-0.1, -0.05) is 0 Å². The molecule has 1 rings (SSSR count). The molecule has 1 N–H and O–H groups in total. The minimum absolute atomic E-state index is 0.224. The zero-order valence-corrected chi connectivity index (χ0v) is 10.4. The third kappa shape index (κ3) is 3.76. The normalized spacial score (nSPS) is 10.5. The summed E-state index contributed by atoms with van der Waals surface area (Å²) in [6.45, 7) is 7.07. The standard InChI is InChI=1S/C12H15N3O2/c1-8-5-6-14-10(9(8)7-13)15-11(16)17-12(2,3)4/h5-6H,1-4H3,(H,14,15,16). The molecule has 1 aromatic heterocycles. The van der Waals surface area contributed by atoms with Gasteiger partial charge in [-0.15, -0.1) is 0 Å². The third-order valence-corrected chi connectivity index (χ3v) is 1.89. The largest absolute Gasteiger partial charge is 0.444 e. The van der Waals surface area contributed by atoms with E-state index in [-0.39, 0.29) is 5.82 Å². The Morgan fingerprint density at radius 2 is 2.18 bits per heavy atom. The van der Waals surface area contributed by atoms with Crippen molar-refractivity contribution in [3.8, 4) is 6.07 Å². The predicted molar refractivity (Wildman–Crippen MR) is 63.5 cm³/mol. The van der Waals surface area contributed by atoms with Gasteiger partial charge in [0, 0.05) is 6.20 Å². The van der Waals surface area contributed by atoms with E-state index in [0.29, 0.717) is 5.56 Å². The SMILES string of the molecule is Cc1ccnc(NC(=O)OC(C)(C)C)c1C#N. The maximum absolute atomic E-state index is 11.5. The molecule has 0 spiro atoms. The van der Waals surface area contributed by atoms with Gasteiger partial charge in [-0.05, 0) is 39.3 Å². The lowest BCUT2D eigenvalue weighted by atomic mass is 10.1. The molecule has 17 heavy (non-hydrogen) atoms. The topological polar surface area (TPSA) is 75.0 Å². The molecule has 0 aliphatic carbocycles. The lowest BCUT2D eigenvalue weighted by molar-refractivity contribution is 0.0635. The highest BCUT2D eigenvalue weighted by atomic mass is 16.6. The first-order valence-corrected chi connectivity index (χ1v) is 5.19. The molecule has 0 aliphatic rings. The summed E-state index contributed by atoms with van der Waals surface area (Å²) >= 11 is 0. The zero-order valence-electron chi connectivity index (χ0n) is 10.4. The van der Waals surface area contributed by atoms with Crippen molar-refractivity contribution in [3.05, 3.63) is 23.4 Å². The van der Waals surface area contributed by atoms with Crippen LogP contribution in [0.15, 0.2) is 12.3 Å². The van der Waals surface area contributed by atoms with Crippen LogP contribution in [0.3, 0.4) is 0 Å². The van der Waals surface area contributed by atoms with Crippen molar-refractivity contribution in [1.82, 2.24) is 4.98 Å². The number of anilines is 1. The molecule has 0 saturated carbocycles. The number of rotatable bonds is 1. The molecule has 5 nitrogen and oxygen atoms in total. The molecule has 0 bridgehead atoms. The van der Waals surface area contributed by atoms with Gasteiger partial charge in [0.05, 0.1) is 5.56 Å². The second-order valence-corrected chi connectivity index (χ2v) is 4.59. The van der Waals surface area contributed by atoms with Gasteiger partial charge in [0.25, 0.3) is 0 Å². The summed E-state index contributed by atoms with van der Waals surface area (Å²) in [5.74, 6) is 0.224. The van der Waals surface area contributed by atoms with E-state index in [9.17, 15) is 4.79 Å². The predicted octanol–water partition coefficient (Wildman–Crippen LogP) is 2.61. The van der Waals surface area contributed by atoms with E-state index in [2.05, 4.69) is 10.3 Å². The van der Waals surface area contributed by atoms with Gasteiger partial charge in [0.2, 0.25) is 0 Å². The van der Waals surface area contributed by atoms with Crippen molar-refractivity contribution >= 4 is 11.9 Å². The molecule has 0 atom stereocenters. The third-order valence-electron chi connectivity index (χ3n) is 1.89. The molecule has 90 valence electrons. The first kappa shape index (κ1) is 13.0. The van der Waals surface area contributed by atoms with E-state index in [1.54, 1.807) is 33.8 Å². The summed E-state index contributed by atoms with van der Waals surface area (Å²) in [7, 11) is 0. The molecule has 1 aromatic rings. The molecule has 0 aromatic carbocycles. The highest BCUT2D eigenvalue weighted by Crippen LogP contribution is 2.16. The zero-order chi connectivity index (χ0) is 13.1. The number of nitriles is 1. The number of ether oxygens (including phenoxy) is 1. The number of nitrogens with zero attached hydrogens (tertiary/aromatic N) is 2. The van der Waals surface area contributed by atoms with Crippen molar-refractivity contribution < 1.29 is 9.53 Å². The number of nitrogens with one attached hydrogen (secondary N) is 1. The minimum atomic E-state index is -0.618. The van der Waals surface area contributed by atoms with Gasteiger partial charge in [0.1, 0.15) is 11.7 Å². The Bertz CT molecular complexity index is 470. The Labute approximate surface area is 100 Å². The highest BCUT2D eigenvalue weighted by Gasteiger charge is 2.18. The molecule has 1 amide bonds. The Morgan fingerprint density at radius 3 is 2.71 bits per heavy atom. The second kappa shape index (κ2) is 4.83. The molecular weight excluding hydrogens is 218 g/mol. The van der Waals surface area contributed by atoms with E-state index in [4.69, 9.17) is 10.00 Å². The first-order chi connectivity index (χ1) is 7.83. The van der Waals surface area contributed by atoms with Crippen molar-refractivity contribution in [2.45, 2.75) is 33.3 Å². The maximum atomic E-state index is 11.5. The summed E-state index contributed by atoms with van der Waals surface area (Å²) in [6.07, 6.45) is 0.912. The van der Waals surface area contributed by atoms with Crippen LogP contribution in [0.2, 0.25) is 0 Å². The fourth-order valence-corrected chi connectivity index (χ4v) is 1.19. The average Bonchev–Trinajstić information content (AvgIpc) is 2.14. The van der Waals surface area contributed by atoms with Crippen LogP contribution in [-0.2, 0) is 4.74 Å². The lowest BCUT2D eigenvalue weighted by Crippen LogP contribution is -2.27. The Kier molecular flexibility index (Phi) is 3.69. The molecule has 5 heteroatoms. The van der Waals surface area contributed by atoms with Crippen LogP contribution in [-0.4, -0.2) is 16.7 Å². The molecule has 1 heterocycles. The van der Waals surface area contributed by atoms with Crippen LogP contribution in [0, 0.1) is 18.3 Å². The monoisotopic (exact) mass is 233 g/mol. The van der Waals surface area contributed by atoms with Crippen molar-refractivity contribution in [1.29, 1.82) is 5.26 Å². The molecular formula is C12H15N3O2. The van der Waals surface area contributed by atoms with E-state index >= 15 is 0 Å². The molecule has 0 saturated heterocycles. The van der Waals surface area contributed by atoms with Crippen LogP contribution in [0.25, 0.3) is 0 Å². The number of pyridine rings is 1. The number of hydrogen-bond donors (Lipinski definition) is 1. The quantitative estimate of drug-likeness (QED) is 0.809. The summed E-state index contributed by atoms with van der Waals surface area (Å²) in [5.41, 5.74) is 0.521. The van der Waals surface area contributed by atoms with Crippen molar-refractivity contribution in [2.24, 2.45) is 0 Å². The van der Waals surface area contributed by atoms with Gasteiger partial charge in [-0.3, -0.25) is 5.32 Å². The van der Waals surface area contributed by atoms with Gasteiger partial charge < -0.3 is 4.74 Å². The Hall–Kier alpha value is -2.09. The number of aryl methyl sites for hydroxylation is 1. The van der Waals surface area contributed by atoms with Gasteiger partial charge in [0.15, 0.2) is 5.82 Å². The van der Waals surface area contributed by atoms with Gasteiger partial charge in [-0.25, -0.2) is 9.78 Å². The summed E-state index contributed by atoms with van der Waals surface area (Å²) in [6, 6.07) is 3.71. The summed E-state index contributed by atoms with van der Waals surface area (Å²) < 4.78 is 5.08. The number of amides is 1. The van der Waals surface area contributed by atoms with Crippen LogP contribution in [0.1, 0.15) is 31.9 Å².